The minimum Gasteiger partial charge on any atom is -0.467 e. The van der Waals surface area contributed by atoms with Crippen LogP contribution in [0.1, 0.15) is 35.7 Å². The Morgan fingerprint density at radius 1 is 1.17 bits per heavy atom. The molecule has 1 N–H and O–H groups in total. The Hall–Kier alpha value is -2.38. The summed E-state index contributed by atoms with van der Waals surface area (Å²) in [7, 11) is 1.13. The molecule has 0 fully saturated rings. The Bertz CT molecular complexity index is 581. The molecule has 0 saturated heterocycles. The van der Waals surface area contributed by atoms with Crippen LogP contribution in [0.5, 0.6) is 0 Å². The van der Waals surface area contributed by atoms with E-state index >= 15 is 0 Å². The number of carbonyl (C=O) groups excluding carboxylic acids is 3. The van der Waals surface area contributed by atoms with Crippen molar-refractivity contribution in [1.29, 1.82) is 0 Å². The summed E-state index contributed by atoms with van der Waals surface area (Å²) in [6, 6.07) is 2.53. The Morgan fingerprint density at radius 3 is 2.17 bits per heavy atom. The zero-order chi connectivity index (χ0) is 17.6. The fourth-order valence-electron chi connectivity index (χ4n) is 1.79. The second kappa shape index (κ2) is 7.75. The minimum absolute atomic E-state index is 0.0327. The first kappa shape index (κ1) is 18.7. The molecule has 1 atom stereocenters. The summed E-state index contributed by atoms with van der Waals surface area (Å²) in [6.07, 6.45) is -4.38. The number of nitrogens with one attached hydrogen (secondary N) is 1. The van der Waals surface area contributed by atoms with E-state index in [1.54, 1.807) is 0 Å². The molecule has 0 unspecified atom stereocenters. The third-order valence-corrected chi connectivity index (χ3v) is 3.05. The van der Waals surface area contributed by atoms with Crippen molar-refractivity contribution in [2.24, 2.45) is 0 Å². The van der Waals surface area contributed by atoms with Crippen LogP contribution in [0.25, 0.3) is 0 Å². The molecule has 0 aliphatic heterocycles. The maximum absolute atomic E-state index is 12.5. The van der Waals surface area contributed by atoms with E-state index in [-0.39, 0.29) is 24.2 Å². The molecule has 0 radical (unpaired) electrons. The maximum Gasteiger partial charge on any atom is 0.416 e. The first-order chi connectivity index (χ1) is 10.6. The number of ether oxygens (including phenoxy) is 1. The van der Waals surface area contributed by atoms with Gasteiger partial charge in [-0.1, -0.05) is 0 Å². The SMILES string of the molecule is COC(=O)[C@@H](CCC(C)=O)NC(=O)c1ccc(C(F)(F)F)cc1. The van der Waals surface area contributed by atoms with E-state index in [0.717, 1.165) is 31.4 Å². The lowest BCUT2D eigenvalue weighted by Crippen LogP contribution is -2.41. The first-order valence-electron chi connectivity index (χ1n) is 6.70. The van der Waals surface area contributed by atoms with E-state index in [4.69, 9.17) is 0 Å². The normalized spacial score (nSPS) is 12.4. The van der Waals surface area contributed by atoms with Gasteiger partial charge in [-0.2, -0.15) is 13.2 Å². The van der Waals surface area contributed by atoms with Crippen molar-refractivity contribution in [3.63, 3.8) is 0 Å². The third kappa shape index (κ3) is 5.72. The minimum atomic E-state index is -4.49. The van der Waals surface area contributed by atoms with Crippen LogP contribution in [-0.2, 0) is 20.5 Å². The number of ketones is 1. The highest BCUT2D eigenvalue weighted by Crippen LogP contribution is 2.29. The molecular weight excluding hydrogens is 315 g/mol. The predicted octanol–water partition coefficient (Wildman–Crippen LogP) is 2.35. The smallest absolute Gasteiger partial charge is 0.416 e. The number of Topliss-reactive ketones (excluding diaryl/α,β-unsaturated/α-hetero) is 1. The van der Waals surface area contributed by atoms with Crippen LogP contribution in [0.3, 0.4) is 0 Å². The highest BCUT2D eigenvalue weighted by atomic mass is 19.4. The van der Waals surface area contributed by atoms with Crippen LogP contribution in [0.4, 0.5) is 13.2 Å². The van der Waals surface area contributed by atoms with Gasteiger partial charge in [-0.15, -0.1) is 0 Å². The van der Waals surface area contributed by atoms with Gasteiger partial charge >= 0.3 is 12.1 Å². The average molecular weight is 331 g/mol. The van der Waals surface area contributed by atoms with Gasteiger partial charge < -0.3 is 14.8 Å². The molecule has 1 rings (SSSR count). The van der Waals surface area contributed by atoms with Crippen molar-refractivity contribution in [2.75, 3.05) is 7.11 Å². The van der Waals surface area contributed by atoms with Crippen LogP contribution in [-0.4, -0.2) is 30.8 Å². The Morgan fingerprint density at radius 2 is 1.74 bits per heavy atom. The fourth-order valence-corrected chi connectivity index (χ4v) is 1.79. The summed E-state index contributed by atoms with van der Waals surface area (Å²) in [5.74, 6) is -1.62. The van der Waals surface area contributed by atoms with Gasteiger partial charge in [-0.3, -0.25) is 4.79 Å². The van der Waals surface area contributed by atoms with Crippen LogP contribution in [0.15, 0.2) is 24.3 Å². The number of methoxy groups -OCH3 is 1. The number of rotatable bonds is 6. The number of esters is 1. The van der Waals surface area contributed by atoms with E-state index in [9.17, 15) is 27.6 Å². The number of hydrogen-bond donors (Lipinski definition) is 1. The van der Waals surface area contributed by atoms with Gasteiger partial charge in [0.25, 0.3) is 5.91 Å². The zero-order valence-electron chi connectivity index (χ0n) is 12.6. The van der Waals surface area contributed by atoms with Crippen molar-refractivity contribution in [1.82, 2.24) is 5.32 Å². The van der Waals surface area contributed by atoms with Crippen molar-refractivity contribution in [3.05, 3.63) is 35.4 Å². The molecule has 1 aromatic carbocycles. The van der Waals surface area contributed by atoms with Gasteiger partial charge in [0.05, 0.1) is 12.7 Å². The van der Waals surface area contributed by atoms with E-state index in [1.807, 2.05) is 0 Å². The van der Waals surface area contributed by atoms with E-state index in [1.165, 1.54) is 6.92 Å². The van der Waals surface area contributed by atoms with Crippen molar-refractivity contribution in [3.8, 4) is 0 Å². The molecule has 1 aromatic rings. The summed E-state index contributed by atoms with van der Waals surface area (Å²) in [6.45, 7) is 1.34. The van der Waals surface area contributed by atoms with Crippen LogP contribution in [0.2, 0.25) is 0 Å². The zero-order valence-corrected chi connectivity index (χ0v) is 12.6. The quantitative estimate of drug-likeness (QED) is 0.812. The van der Waals surface area contributed by atoms with Crippen LogP contribution in [0, 0.1) is 0 Å². The molecule has 0 aliphatic rings. The van der Waals surface area contributed by atoms with Gasteiger partial charge in [0.1, 0.15) is 11.8 Å². The highest BCUT2D eigenvalue weighted by Gasteiger charge is 2.30. The molecule has 0 spiro atoms. The van der Waals surface area contributed by atoms with Crippen LogP contribution >= 0.6 is 0 Å². The lowest BCUT2D eigenvalue weighted by Gasteiger charge is -2.16. The van der Waals surface area contributed by atoms with Crippen molar-refractivity contribution < 1.29 is 32.3 Å². The third-order valence-electron chi connectivity index (χ3n) is 3.05. The van der Waals surface area contributed by atoms with Crippen LogP contribution < -0.4 is 5.32 Å². The standard InChI is InChI=1S/C15H16F3NO4/c1-9(20)3-8-12(14(22)23-2)19-13(21)10-4-6-11(7-5-10)15(16,17)18/h4-7,12H,3,8H2,1-2H3,(H,19,21)/t12-/m1/s1. The lowest BCUT2D eigenvalue weighted by atomic mass is 10.1. The second-order valence-electron chi connectivity index (χ2n) is 4.87. The molecule has 0 bridgehead atoms. The molecule has 126 valence electrons. The Labute approximate surface area is 130 Å². The summed E-state index contributed by atoms with van der Waals surface area (Å²) < 4.78 is 41.9. The van der Waals surface area contributed by atoms with Gasteiger partial charge in [0, 0.05) is 12.0 Å². The van der Waals surface area contributed by atoms with Gasteiger partial charge in [-0.05, 0) is 37.6 Å². The highest BCUT2D eigenvalue weighted by molar-refractivity contribution is 5.96. The molecule has 0 saturated carbocycles. The fraction of sp³-hybridized carbons (Fsp3) is 0.400. The monoisotopic (exact) mass is 331 g/mol. The molecule has 0 aromatic heterocycles. The summed E-state index contributed by atoms with van der Waals surface area (Å²) in [5.41, 5.74) is -0.912. The second-order valence-corrected chi connectivity index (χ2v) is 4.87. The summed E-state index contributed by atoms with van der Waals surface area (Å²) in [5, 5.41) is 2.35. The molecule has 0 heterocycles. The topological polar surface area (TPSA) is 72.5 Å². The molecular formula is C15H16F3NO4. The van der Waals surface area contributed by atoms with Gasteiger partial charge in [0.2, 0.25) is 0 Å². The number of alkyl halides is 3. The number of carbonyl (C=O) groups is 3. The van der Waals surface area contributed by atoms with Crippen molar-refractivity contribution in [2.45, 2.75) is 32.0 Å². The van der Waals surface area contributed by atoms with Gasteiger partial charge in [-0.25, -0.2) is 4.79 Å². The van der Waals surface area contributed by atoms with Gasteiger partial charge in [0.15, 0.2) is 0 Å². The molecule has 1 amide bonds. The number of hydrogen-bond acceptors (Lipinski definition) is 4. The summed E-state index contributed by atoms with van der Waals surface area (Å²) >= 11 is 0. The lowest BCUT2D eigenvalue weighted by molar-refractivity contribution is -0.143. The number of amides is 1. The first-order valence-corrected chi connectivity index (χ1v) is 6.70. The average Bonchev–Trinajstić information content (AvgIpc) is 2.49. The predicted molar refractivity (Wildman–Crippen MR) is 74.6 cm³/mol. The molecule has 0 aliphatic carbocycles. The molecule has 23 heavy (non-hydrogen) atoms. The van der Waals surface area contributed by atoms with E-state index < -0.39 is 29.7 Å². The maximum atomic E-state index is 12.5. The Balaban J connectivity index is 2.81. The largest absolute Gasteiger partial charge is 0.467 e. The van der Waals surface area contributed by atoms with Crippen molar-refractivity contribution >= 4 is 17.7 Å². The molecule has 8 heteroatoms. The number of halogens is 3. The Kier molecular flexibility index (Phi) is 6.29. The summed E-state index contributed by atoms with van der Waals surface area (Å²) in [4.78, 5) is 34.6. The van der Waals surface area contributed by atoms with E-state index in [0.29, 0.717) is 0 Å². The number of benzene rings is 1. The molecule has 5 nitrogen and oxygen atoms in total. The van der Waals surface area contributed by atoms with E-state index in [2.05, 4.69) is 10.1 Å².